The lowest BCUT2D eigenvalue weighted by atomic mass is 9.59. The van der Waals surface area contributed by atoms with Crippen LogP contribution in [-0.4, -0.2) is 0 Å². The molecule has 2 fully saturated rings. The minimum atomic E-state index is 0.530. The van der Waals surface area contributed by atoms with Crippen LogP contribution in [0.4, 0.5) is 0 Å². The van der Waals surface area contributed by atoms with Gasteiger partial charge in [0.25, 0.3) is 0 Å². The number of hydrogen-bond donors (Lipinski definition) is 0. The first-order valence-corrected chi connectivity index (χ1v) is 8.90. The summed E-state index contributed by atoms with van der Waals surface area (Å²) in [7, 11) is 0. The third-order valence-electron chi connectivity index (χ3n) is 6.18. The molecular weight excluding hydrogens is 240 g/mol. The SMILES string of the molecule is CCCC1CCC(c2ccccc2)(C2CCCC2)CC1. The van der Waals surface area contributed by atoms with Gasteiger partial charge in [-0.2, -0.15) is 0 Å². The van der Waals surface area contributed by atoms with Crippen molar-refractivity contribution in [2.24, 2.45) is 11.8 Å². The molecule has 2 aliphatic rings. The standard InChI is InChI=1S/C20H30/c1-2-8-17-13-15-20(16-14-17,19-11-6-7-12-19)18-9-4-3-5-10-18/h3-5,9-10,17,19H,2,6-8,11-16H2,1H3. The molecule has 20 heavy (non-hydrogen) atoms. The zero-order valence-electron chi connectivity index (χ0n) is 13.1. The first-order valence-electron chi connectivity index (χ1n) is 8.90. The maximum Gasteiger partial charge on any atom is -0.00186 e. The highest BCUT2D eigenvalue weighted by molar-refractivity contribution is 5.27. The van der Waals surface area contributed by atoms with Crippen molar-refractivity contribution in [3.8, 4) is 0 Å². The summed E-state index contributed by atoms with van der Waals surface area (Å²) in [6, 6.07) is 11.5. The Balaban J connectivity index is 1.82. The third-order valence-corrected chi connectivity index (χ3v) is 6.18. The second-order valence-corrected chi connectivity index (χ2v) is 7.24. The highest BCUT2D eigenvalue weighted by Gasteiger charge is 2.43. The fraction of sp³-hybridized carbons (Fsp3) is 0.700. The van der Waals surface area contributed by atoms with Gasteiger partial charge in [0, 0.05) is 0 Å². The topological polar surface area (TPSA) is 0 Å². The van der Waals surface area contributed by atoms with Gasteiger partial charge in [-0.15, -0.1) is 0 Å². The van der Waals surface area contributed by atoms with Crippen LogP contribution in [-0.2, 0) is 5.41 Å². The van der Waals surface area contributed by atoms with Crippen LogP contribution in [0.1, 0.15) is 76.7 Å². The van der Waals surface area contributed by atoms with Crippen molar-refractivity contribution in [2.45, 2.75) is 76.5 Å². The maximum atomic E-state index is 2.42. The quantitative estimate of drug-likeness (QED) is 0.619. The van der Waals surface area contributed by atoms with Gasteiger partial charge in [-0.05, 0) is 61.3 Å². The van der Waals surface area contributed by atoms with Crippen molar-refractivity contribution in [2.75, 3.05) is 0 Å². The van der Waals surface area contributed by atoms with Gasteiger partial charge in [0.05, 0.1) is 0 Å². The van der Waals surface area contributed by atoms with E-state index in [4.69, 9.17) is 0 Å². The van der Waals surface area contributed by atoms with E-state index >= 15 is 0 Å². The van der Waals surface area contributed by atoms with Gasteiger partial charge in [0.15, 0.2) is 0 Å². The molecule has 0 spiro atoms. The summed E-state index contributed by atoms with van der Waals surface area (Å²) >= 11 is 0. The molecule has 0 radical (unpaired) electrons. The minimum Gasteiger partial charge on any atom is -0.0654 e. The first kappa shape index (κ1) is 14.2. The molecule has 1 aromatic carbocycles. The zero-order chi connectivity index (χ0) is 13.8. The summed E-state index contributed by atoms with van der Waals surface area (Å²) in [6.45, 7) is 2.34. The van der Waals surface area contributed by atoms with Gasteiger partial charge in [-0.3, -0.25) is 0 Å². The number of hydrogen-bond acceptors (Lipinski definition) is 0. The average molecular weight is 270 g/mol. The molecule has 0 amide bonds. The van der Waals surface area contributed by atoms with Gasteiger partial charge >= 0.3 is 0 Å². The summed E-state index contributed by atoms with van der Waals surface area (Å²) in [5.74, 6) is 1.98. The monoisotopic (exact) mass is 270 g/mol. The van der Waals surface area contributed by atoms with Crippen LogP contribution < -0.4 is 0 Å². The molecule has 0 nitrogen and oxygen atoms in total. The molecule has 0 saturated heterocycles. The van der Waals surface area contributed by atoms with Crippen LogP contribution in [0.15, 0.2) is 30.3 Å². The largest absolute Gasteiger partial charge is 0.0654 e. The molecule has 0 heterocycles. The van der Waals surface area contributed by atoms with E-state index in [0.717, 1.165) is 11.8 Å². The molecule has 0 heteroatoms. The minimum absolute atomic E-state index is 0.530. The highest BCUT2D eigenvalue weighted by Crippen LogP contribution is 2.52. The molecule has 0 aromatic heterocycles. The van der Waals surface area contributed by atoms with Crippen LogP contribution in [0.25, 0.3) is 0 Å². The highest BCUT2D eigenvalue weighted by atomic mass is 14.5. The Bertz CT molecular complexity index is 391. The molecule has 110 valence electrons. The summed E-state index contributed by atoms with van der Waals surface area (Å²) in [4.78, 5) is 0. The Morgan fingerprint density at radius 1 is 0.950 bits per heavy atom. The van der Waals surface area contributed by atoms with Crippen LogP contribution in [0.3, 0.4) is 0 Å². The van der Waals surface area contributed by atoms with Crippen LogP contribution in [0, 0.1) is 11.8 Å². The van der Waals surface area contributed by atoms with Crippen LogP contribution in [0.2, 0.25) is 0 Å². The Morgan fingerprint density at radius 3 is 2.20 bits per heavy atom. The predicted molar refractivity (Wildman–Crippen MR) is 86.9 cm³/mol. The van der Waals surface area contributed by atoms with E-state index in [1.807, 2.05) is 0 Å². The third kappa shape index (κ3) is 2.67. The summed E-state index contributed by atoms with van der Waals surface area (Å²) in [6.07, 6.45) is 14.6. The van der Waals surface area contributed by atoms with Crippen molar-refractivity contribution >= 4 is 0 Å². The molecule has 2 saturated carbocycles. The molecule has 0 unspecified atom stereocenters. The summed E-state index contributed by atoms with van der Waals surface area (Å²) < 4.78 is 0. The average Bonchev–Trinajstić information content (AvgIpc) is 3.04. The van der Waals surface area contributed by atoms with Gasteiger partial charge < -0.3 is 0 Å². The molecule has 0 bridgehead atoms. The van der Waals surface area contributed by atoms with Crippen LogP contribution >= 0.6 is 0 Å². The number of rotatable bonds is 4. The Kier molecular flexibility index (Phi) is 4.48. The molecule has 0 aliphatic heterocycles. The molecule has 1 aromatic rings. The van der Waals surface area contributed by atoms with Crippen LogP contribution in [0.5, 0.6) is 0 Å². The lowest BCUT2D eigenvalue weighted by molar-refractivity contribution is 0.152. The first-order chi connectivity index (χ1) is 9.85. The second kappa shape index (κ2) is 6.33. The molecular formula is C20H30. The predicted octanol–water partition coefficient (Wildman–Crippen LogP) is 6.10. The van der Waals surface area contributed by atoms with E-state index < -0.39 is 0 Å². The van der Waals surface area contributed by atoms with Gasteiger partial charge in [0.2, 0.25) is 0 Å². The van der Waals surface area contributed by atoms with Crippen molar-refractivity contribution < 1.29 is 0 Å². The Hall–Kier alpha value is -0.780. The van der Waals surface area contributed by atoms with E-state index in [-0.39, 0.29) is 0 Å². The summed E-state index contributed by atoms with van der Waals surface area (Å²) in [5, 5.41) is 0. The van der Waals surface area contributed by atoms with Crippen molar-refractivity contribution in [1.82, 2.24) is 0 Å². The number of benzene rings is 1. The van der Waals surface area contributed by atoms with Crippen molar-refractivity contribution in [1.29, 1.82) is 0 Å². The zero-order valence-corrected chi connectivity index (χ0v) is 13.1. The van der Waals surface area contributed by atoms with E-state index in [2.05, 4.69) is 37.3 Å². The second-order valence-electron chi connectivity index (χ2n) is 7.24. The fourth-order valence-electron chi connectivity index (χ4n) is 5.07. The van der Waals surface area contributed by atoms with E-state index in [9.17, 15) is 0 Å². The summed E-state index contributed by atoms with van der Waals surface area (Å²) in [5.41, 5.74) is 2.18. The molecule has 0 N–H and O–H groups in total. The Morgan fingerprint density at radius 2 is 1.60 bits per heavy atom. The van der Waals surface area contributed by atoms with Gasteiger partial charge in [-0.1, -0.05) is 62.9 Å². The lowest BCUT2D eigenvalue weighted by Gasteiger charge is -2.45. The molecule has 0 atom stereocenters. The maximum absolute atomic E-state index is 2.42. The molecule has 2 aliphatic carbocycles. The van der Waals surface area contributed by atoms with Crippen molar-refractivity contribution in [3.63, 3.8) is 0 Å². The Labute approximate surface area is 125 Å². The normalized spacial score (nSPS) is 31.6. The van der Waals surface area contributed by atoms with Crippen molar-refractivity contribution in [3.05, 3.63) is 35.9 Å². The van der Waals surface area contributed by atoms with E-state index in [1.165, 1.54) is 64.2 Å². The molecule has 3 rings (SSSR count). The smallest absolute Gasteiger partial charge is 0.00186 e. The lowest BCUT2D eigenvalue weighted by Crippen LogP contribution is -2.38. The van der Waals surface area contributed by atoms with E-state index in [0.29, 0.717) is 5.41 Å². The van der Waals surface area contributed by atoms with E-state index in [1.54, 1.807) is 5.56 Å². The van der Waals surface area contributed by atoms with Gasteiger partial charge in [0.1, 0.15) is 0 Å². The van der Waals surface area contributed by atoms with Gasteiger partial charge in [-0.25, -0.2) is 0 Å². The fourth-order valence-corrected chi connectivity index (χ4v) is 5.07.